The maximum absolute atomic E-state index is 13.0. The lowest BCUT2D eigenvalue weighted by molar-refractivity contribution is 0.0710. The molecular weight excluding hydrogens is 269 g/mol. The Balaban J connectivity index is 1.88. The van der Waals surface area contributed by atoms with E-state index in [0.717, 1.165) is 17.7 Å². The molecule has 0 bridgehead atoms. The van der Waals surface area contributed by atoms with Gasteiger partial charge in [-0.1, -0.05) is 12.1 Å². The van der Waals surface area contributed by atoms with Crippen LogP contribution in [0.1, 0.15) is 17.3 Å². The Morgan fingerprint density at radius 2 is 2.05 bits per heavy atom. The second kappa shape index (κ2) is 5.69. The molecule has 1 amide bonds. The van der Waals surface area contributed by atoms with Crippen LogP contribution < -0.4 is 5.32 Å². The van der Waals surface area contributed by atoms with Gasteiger partial charge in [-0.15, -0.1) is 0 Å². The first kappa shape index (κ1) is 13.8. The van der Waals surface area contributed by atoms with E-state index in [1.165, 1.54) is 12.1 Å². The van der Waals surface area contributed by atoms with Crippen LogP contribution in [0.4, 0.5) is 4.39 Å². The molecule has 110 valence electrons. The van der Waals surface area contributed by atoms with Crippen LogP contribution in [0.25, 0.3) is 11.1 Å². The number of carbonyl (C=O) groups is 1. The third-order valence-electron chi connectivity index (χ3n) is 3.79. The van der Waals surface area contributed by atoms with Gasteiger partial charge < -0.3 is 15.2 Å². The number of nitrogens with zero attached hydrogens (tertiary/aromatic N) is 1. The molecule has 1 saturated heterocycles. The minimum absolute atomic E-state index is 0.0175. The Morgan fingerprint density at radius 3 is 2.76 bits per heavy atom. The molecule has 2 heterocycles. The standard InChI is InChI=1S/C16H18FN3O/c1-11-10-20(7-6-19-11)16(21)15-9-18-8-14(15)12-2-4-13(17)5-3-12/h2-5,8-9,11,18-19H,6-7,10H2,1H3/t11-/m1/s1. The van der Waals surface area contributed by atoms with E-state index in [4.69, 9.17) is 0 Å². The Morgan fingerprint density at radius 1 is 1.29 bits per heavy atom. The Bertz CT molecular complexity index is 635. The SMILES string of the molecule is C[C@@H]1CN(C(=O)c2c[nH]cc2-c2ccc(F)cc2)CCN1. The fourth-order valence-corrected chi connectivity index (χ4v) is 2.70. The third kappa shape index (κ3) is 2.83. The van der Waals surface area contributed by atoms with Gasteiger partial charge in [-0.05, 0) is 24.6 Å². The van der Waals surface area contributed by atoms with E-state index >= 15 is 0 Å². The molecule has 1 aromatic carbocycles. The van der Waals surface area contributed by atoms with Gasteiger partial charge in [0.05, 0.1) is 5.56 Å². The van der Waals surface area contributed by atoms with Crippen molar-refractivity contribution in [2.75, 3.05) is 19.6 Å². The Hall–Kier alpha value is -2.14. The predicted molar refractivity (Wildman–Crippen MR) is 79.6 cm³/mol. The van der Waals surface area contributed by atoms with Crippen molar-refractivity contribution in [1.82, 2.24) is 15.2 Å². The quantitative estimate of drug-likeness (QED) is 0.890. The summed E-state index contributed by atoms with van der Waals surface area (Å²) >= 11 is 0. The van der Waals surface area contributed by atoms with Crippen LogP contribution in [0, 0.1) is 5.82 Å². The molecule has 2 N–H and O–H groups in total. The van der Waals surface area contributed by atoms with Crippen molar-refractivity contribution < 1.29 is 9.18 Å². The number of aromatic amines is 1. The van der Waals surface area contributed by atoms with Crippen molar-refractivity contribution >= 4 is 5.91 Å². The van der Waals surface area contributed by atoms with Crippen LogP contribution in [0.2, 0.25) is 0 Å². The maximum Gasteiger partial charge on any atom is 0.256 e. The predicted octanol–water partition coefficient (Wildman–Crippen LogP) is 2.25. The number of carbonyl (C=O) groups excluding carboxylic acids is 1. The first-order chi connectivity index (χ1) is 10.1. The molecule has 4 nitrogen and oxygen atoms in total. The van der Waals surface area contributed by atoms with E-state index in [9.17, 15) is 9.18 Å². The number of rotatable bonds is 2. The zero-order valence-corrected chi connectivity index (χ0v) is 11.9. The van der Waals surface area contributed by atoms with E-state index in [1.807, 2.05) is 4.90 Å². The molecule has 2 aromatic rings. The number of H-pyrrole nitrogens is 1. The lowest BCUT2D eigenvalue weighted by atomic mass is 10.0. The van der Waals surface area contributed by atoms with Gasteiger partial charge in [-0.2, -0.15) is 0 Å². The molecule has 1 aliphatic rings. The molecule has 1 fully saturated rings. The summed E-state index contributed by atoms with van der Waals surface area (Å²) in [6.45, 7) is 4.28. The summed E-state index contributed by atoms with van der Waals surface area (Å²) in [5.41, 5.74) is 2.28. The van der Waals surface area contributed by atoms with Gasteiger partial charge in [0.15, 0.2) is 0 Å². The number of halogens is 1. The van der Waals surface area contributed by atoms with E-state index in [1.54, 1.807) is 24.5 Å². The van der Waals surface area contributed by atoms with E-state index in [-0.39, 0.29) is 11.7 Å². The van der Waals surface area contributed by atoms with Gasteiger partial charge in [0.25, 0.3) is 5.91 Å². The van der Waals surface area contributed by atoms with Crippen molar-refractivity contribution in [2.45, 2.75) is 13.0 Å². The highest BCUT2D eigenvalue weighted by Crippen LogP contribution is 2.25. The van der Waals surface area contributed by atoms with Crippen LogP contribution in [0.15, 0.2) is 36.7 Å². The molecule has 0 spiro atoms. The van der Waals surface area contributed by atoms with E-state index in [2.05, 4.69) is 17.2 Å². The molecule has 0 aliphatic carbocycles. The number of benzene rings is 1. The summed E-state index contributed by atoms with van der Waals surface area (Å²) in [4.78, 5) is 17.5. The molecular formula is C16H18FN3O. The highest BCUT2D eigenvalue weighted by Gasteiger charge is 2.24. The lowest BCUT2D eigenvalue weighted by Crippen LogP contribution is -2.51. The largest absolute Gasteiger partial charge is 0.366 e. The van der Waals surface area contributed by atoms with Crippen LogP contribution in [0.5, 0.6) is 0 Å². The number of aromatic nitrogens is 1. The zero-order valence-electron chi connectivity index (χ0n) is 11.9. The van der Waals surface area contributed by atoms with Crippen LogP contribution >= 0.6 is 0 Å². The van der Waals surface area contributed by atoms with Gasteiger partial charge in [-0.25, -0.2) is 4.39 Å². The average Bonchev–Trinajstić information content (AvgIpc) is 2.96. The molecule has 3 rings (SSSR count). The van der Waals surface area contributed by atoms with Crippen molar-refractivity contribution in [3.05, 3.63) is 48.0 Å². The minimum atomic E-state index is -0.280. The van der Waals surface area contributed by atoms with Gasteiger partial charge in [0.2, 0.25) is 0 Å². The second-order valence-electron chi connectivity index (χ2n) is 5.40. The summed E-state index contributed by atoms with van der Waals surface area (Å²) < 4.78 is 13.0. The number of piperazine rings is 1. The fraction of sp³-hybridized carbons (Fsp3) is 0.312. The van der Waals surface area contributed by atoms with Crippen molar-refractivity contribution in [2.24, 2.45) is 0 Å². The van der Waals surface area contributed by atoms with Crippen molar-refractivity contribution in [3.63, 3.8) is 0 Å². The minimum Gasteiger partial charge on any atom is -0.366 e. The Labute approximate surface area is 123 Å². The monoisotopic (exact) mass is 287 g/mol. The van der Waals surface area contributed by atoms with Crippen molar-refractivity contribution in [1.29, 1.82) is 0 Å². The van der Waals surface area contributed by atoms with E-state index < -0.39 is 0 Å². The summed E-state index contributed by atoms with van der Waals surface area (Å²) in [6.07, 6.45) is 3.50. The summed E-state index contributed by atoms with van der Waals surface area (Å²) in [5.74, 6) is -0.262. The summed E-state index contributed by atoms with van der Waals surface area (Å²) in [6, 6.07) is 6.49. The summed E-state index contributed by atoms with van der Waals surface area (Å²) in [7, 11) is 0. The molecule has 1 aliphatic heterocycles. The topological polar surface area (TPSA) is 48.1 Å². The van der Waals surface area contributed by atoms with Gasteiger partial charge in [-0.3, -0.25) is 4.79 Å². The normalized spacial score (nSPS) is 18.8. The molecule has 0 unspecified atom stereocenters. The fourth-order valence-electron chi connectivity index (χ4n) is 2.70. The first-order valence-corrected chi connectivity index (χ1v) is 7.10. The highest BCUT2D eigenvalue weighted by molar-refractivity contribution is 6.00. The number of nitrogens with one attached hydrogen (secondary N) is 2. The number of hydrogen-bond donors (Lipinski definition) is 2. The van der Waals surface area contributed by atoms with Crippen LogP contribution in [-0.2, 0) is 0 Å². The van der Waals surface area contributed by atoms with Crippen LogP contribution in [-0.4, -0.2) is 41.5 Å². The second-order valence-corrected chi connectivity index (χ2v) is 5.40. The van der Waals surface area contributed by atoms with Gasteiger partial charge in [0.1, 0.15) is 5.82 Å². The number of hydrogen-bond acceptors (Lipinski definition) is 2. The lowest BCUT2D eigenvalue weighted by Gasteiger charge is -2.32. The average molecular weight is 287 g/mol. The smallest absolute Gasteiger partial charge is 0.256 e. The molecule has 21 heavy (non-hydrogen) atoms. The molecule has 5 heteroatoms. The molecule has 1 atom stereocenters. The van der Waals surface area contributed by atoms with E-state index in [0.29, 0.717) is 24.7 Å². The van der Waals surface area contributed by atoms with Crippen molar-refractivity contribution in [3.8, 4) is 11.1 Å². The van der Waals surface area contributed by atoms with Crippen LogP contribution in [0.3, 0.4) is 0 Å². The zero-order chi connectivity index (χ0) is 14.8. The van der Waals surface area contributed by atoms with Gasteiger partial charge in [0, 0.05) is 43.6 Å². The third-order valence-corrected chi connectivity index (χ3v) is 3.79. The van der Waals surface area contributed by atoms with Gasteiger partial charge >= 0.3 is 0 Å². The summed E-state index contributed by atoms with van der Waals surface area (Å²) in [5, 5.41) is 3.32. The molecule has 0 saturated carbocycles. The number of amides is 1. The Kier molecular flexibility index (Phi) is 3.75. The molecule has 0 radical (unpaired) electrons. The maximum atomic E-state index is 13.0. The highest BCUT2D eigenvalue weighted by atomic mass is 19.1. The first-order valence-electron chi connectivity index (χ1n) is 7.10. The molecule has 1 aromatic heterocycles.